The average molecular weight is 252 g/mol. The number of nitrogens with two attached hydrogens (primary N) is 1. The van der Waals surface area contributed by atoms with Crippen molar-refractivity contribution in [2.75, 3.05) is 13.2 Å². The van der Waals surface area contributed by atoms with Crippen LogP contribution in [0.25, 0.3) is 0 Å². The Morgan fingerprint density at radius 3 is 2.56 bits per heavy atom. The molecule has 4 N–H and O–H groups in total. The number of amides is 1. The van der Waals surface area contributed by atoms with Crippen LogP contribution in [0.1, 0.15) is 5.56 Å². The molecule has 1 aromatic rings. The van der Waals surface area contributed by atoms with Gasteiger partial charge in [0.15, 0.2) is 6.04 Å². The Hall–Kier alpha value is -1.92. The van der Waals surface area contributed by atoms with Gasteiger partial charge < -0.3 is 20.9 Å². The first-order valence-electron chi connectivity index (χ1n) is 5.47. The lowest BCUT2D eigenvalue weighted by atomic mass is 10.2. The molecule has 0 fully saturated rings. The number of hydrogen-bond acceptors (Lipinski definition) is 4. The van der Waals surface area contributed by atoms with Crippen molar-refractivity contribution in [1.29, 1.82) is 0 Å². The van der Waals surface area contributed by atoms with E-state index in [-0.39, 0.29) is 13.2 Å². The second kappa shape index (κ2) is 7.41. The zero-order chi connectivity index (χ0) is 13.4. The van der Waals surface area contributed by atoms with Crippen LogP contribution in [0.2, 0.25) is 0 Å². The predicted molar refractivity (Wildman–Crippen MR) is 64.7 cm³/mol. The Kier molecular flexibility index (Phi) is 5.83. The maximum absolute atomic E-state index is 11.0. The van der Waals surface area contributed by atoms with E-state index in [0.717, 1.165) is 5.56 Å². The topological polar surface area (TPSA) is 102 Å². The highest BCUT2D eigenvalue weighted by Gasteiger charge is 2.19. The molecule has 1 atom stereocenters. The number of aliphatic carboxylic acids is 1. The number of carbonyl (C=O) groups excluding carboxylic acids is 1. The Morgan fingerprint density at radius 1 is 1.33 bits per heavy atom. The van der Waals surface area contributed by atoms with Crippen LogP contribution in [0.4, 0.5) is 0 Å². The lowest BCUT2D eigenvalue weighted by Gasteiger charge is -2.14. The van der Waals surface area contributed by atoms with Crippen LogP contribution < -0.4 is 11.1 Å². The molecule has 6 heteroatoms. The van der Waals surface area contributed by atoms with Crippen LogP contribution in [-0.2, 0) is 20.9 Å². The Balaban J connectivity index is 2.38. The summed E-state index contributed by atoms with van der Waals surface area (Å²) in [5.41, 5.74) is 6.03. The van der Waals surface area contributed by atoms with Crippen molar-refractivity contribution in [2.24, 2.45) is 5.73 Å². The van der Waals surface area contributed by atoms with Gasteiger partial charge in [0.25, 0.3) is 0 Å². The molecule has 0 heterocycles. The number of carboxylic acid groups (broad SMARTS) is 1. The standard InChI is InChI=1S/C12H16N2O4/c13-6-11(15)14-10(12(16)17)8-18-7-9-4-2-1-3-5-9/h1-5,10H,6-8,13H2,(H,14,15)(H,16,17)/t10-/m0/s1. The average Bonchev–Trinajstić information content (AvgIpc) is 2.38. The number of hydrogen-bond donors (Lipinski definition) is 3. The number of nitrogens with one attached hydrogen (secondary N) is 1. The summed E-state index contributed by atoms with van der Waals surface area (Å²) in [4.78, 5) is 21.9. The summed E-state index contributed by atoms with van der Waals surface area (Å²) < 4.78 is 5.25. The Morgan fingerprint density at radius 2 is 2.00 bits per heavy atom. The fraction of sp³-hybridized carbons (Fsp3) is 0.333. The van der Waals surface area contributed by atoms with Gasteiger partial charge in [-0.25, -0.2) is 4.79 Å². The van der Waals surface area contributed by atoms with Crippen LogP contribution in [0.5, 0.6) is 0 Å². The molecule has 0 radical (unpaired) electrons. The molecule has 98 valence electrons. The van der Waals surface area contributed by atoms with Crippen LogP contribution in [0, 0.1) is 0 Å². The second-order valence-corrected chi connectivity index (χ2v) is 3.66. The fourth-order valence-electron chi connectivity index (χ4n) is 1.30. The molecule has 0 unspecified atom stereocenters. The molecule has 0 saturated heterocycles. The molecule has 1 amide bonds. The molecule has 0 aliphatic heterocycles. The first-order valence-corrected chi connectivity index (χ1v) is 5.47. The molecule has 0 spiro atoms. The Bertz CT molecular complexity index is 394. The van der Waals surface area contributed by atoms with E-state index < -0.39 is 17.9 Å². The molecule has 6 nitrogen and oxygen atoms in total. The minimum absolute atomic E-state index is 0.101. The summed E-state index contributed by atoms with van der Waals surface area (Å²) in [6.45, 7) is -0.0540. The molecule has 0 aliphatic rings. The quantitative estimate of drug-likeness (QED) is 0.620. The van der Waals surface area contributed by atoms with Crippen LogP contribution in [0.3, 0.4) is 0 Å². The van der Waals surface area contributed by atoms with E-state index in [1.54, 1.807) is 0 Å². The lowest BCUT2D eigenvalue weighted by molar-refractivity contribution is -0.143. The van der Waals surface area contributed by atoms with Crippen molar-refractivity contribution in [3.8, 4) is 0 Å². The maximum Gasteiger partial charge on any atom is 0.328 e. The molecule has 18 heavy (non-hydrogen) atoms. The van der Waals surface area contributed by atoms with E-state index in [1.165, 1.54) is 0 Å². The number of ether oxygens (including phenoxy) is 1. The van der Waals surface area contributed by atoms with E-state index in [1.807, 2.05) is 30.3 Å². The monoisotopic (exact) mass is 252 g/mol. The molecule has 0 bridgehead atoms. The minimum Gasteiger partial charge on any atom is -0.480 e. The highest BCUT2D eigenvalue weighted by molar-refractivity contribution is 5.84. The van der Waals surface area contributed by atoms with Gasteiger partial charge in [-0.15, -0.1) is 0 Å². The lowest BCUT2D eigenvalue weighted by Crippen LogP contribution is -2.46. The van der Waals surface area contributed by atoms with Gasteiger partial charge in [-0.05, 0) is 5.56 Å². The summed E-state index contributed by atoms with van der Waals surface area (Å²) in [5.74, 6) is -1.67. The highest BCUT2D eigenvalue weighted by atomic mass is 16.5. The molecular formula is C12H16N2O4. The maximum atomic E-state index is 11.0. The highest BCUT2D eigenvalue weighted by Crippen LogP contribution is 2.01. The molecule has 1 aromatic carbocycles. The van der Waals surface area contributed by atoms with Gasteiger partial charge in [0, 0.05) is 0 Å². The molecule has 0 saturated carbocycles. The van der Waals surface area contributed by atoms with E-state index in [4.69, 9.17) is 15.6 Å². The van der Waals surface area contributed by atoms with E-state index >= 15 is 0 Å². The van der Waals surface area contributed by atoms with Crippen molar-refractivity contribution >= 4 is 11.9 Å². The fourth-order valence-corrected chi connectivity index (χ4v) is 1.30. The normalized spacial score (nSPS) is 11.8. The Labute approximate surface area is 105 Å². The van der Waals surface area contributed by atoms with Crippen molar-refractivity contribution in [1.82, 2.24) is 5.32 Å². The predicted octanol–water partition coefficient (Wildman–Crippen LogP) is -0.269. The smallest absolute Gasteiger partial charge is 0.328 e. The van der Waals surface area contributed by atoms with Crippen molar-refractivity contribution in [2.45, 2.75) is 12.6 Å². The third-order valence-corrected chi connectivity index (χ3v) is 2.21. The van der Waals surface area contributed by atoms with E-state index in [0.29, 0.717) is 6.61 Å². The van der Waals surface area contributed by atoms with Crippen molar-refractivity contribution in [3.63, 3.8) is 0 Å². The summed E-state index contributed by atoms with van der Waals surface area (Å²) in [6, 6.07) is 8.27. The minimum atomic E-state index is -1.15. The van der Waals surface area contributed by atoms with Gasteiger partial charge in [0.2, 0.25) is 5.91 Å². The third kappa shape index (κ3) is 4.94. The number of carbonyl (C=O) groups is 2. The third-order valence-electron chi connectivity index (χ3n) is 2.21. The first kappa shape index (κ1) is 14.1. The largest absolute Gasteiger partial charge is 0.480 e. The van der Waals surface area contributed by atoms with Crippen molar-refractivity contribution in [3.05, 3.63) is 35.9 Å². The van der Waals surface area contributed by atoms with Gasteiger partial charge >= 0.3 is 5.97 Å². The van der Waals surface area contributed by atoms with E-state index in [2.05, 4.69) is 5.32 Å². The SMILES string of the molecule is NCC(=O)N[C@@H](COCc1ccccc1)C(=O)O. The van der Waals surface area contributed by atoms with Gasteiger partial charge in [-0.3, -0.25) is 4.79 Å². The van der Waals surface area contributed by atoms with Gasteiger partial charge in [0.05, 0.1) is 19.8 Å². The van der Waals surface area contributed by atoms with Crippen LogP contribution >= 0.6 is 0 Å². The number of carboxylic acids is 1. The zero-order valence-electron chi connectivity index (χ0n) is 9.83. The van der Waals surface area contributed by atoms with Crippen LogP contribution in [-0.4, -0.2) is 36.2 Å². The molecule has 1 rings (SSSR count). The van der Waals surface area contributed by atoms with Gasteiger partial charge in [0.1, 0.15) is 0 Å². The molecule has 0 aromatic heterocycles. The first-order chi connectivity index (χ1) is 8.63. The van der Waals surface area contributed by atoms with Gasteiger partial charge in [-0.2, -0.15) is 0 Å². The molecule has 0 aliphatic carbocycles. The van der Waals surface area contributed by atoms with Crippen molar-refractivity contribution < 1.29 is 19.4 Å². The number of rotatable bonds is 7. The van der Waals surface area contributed by atoms with Crippen LogP contribution in [0.15, 0.2) is 30.3 Å². The summed E-state index contributed by atoms with van der Waals surface area (Å²) in [5, 5.41) is 11.1. The number of benzene rings is 1. The zero-order valence-corrected chi connectivity index (χ0v) is 9.83. The van der Waals surface area contributed by atoms with Gasteiger partial charge in [-0.1, -0.05) is 30.3 Å². The van der Waals surface area contributed by atoms with E-state index in [9.17, 15) is 9.59 Å². The summed E-state index contributed by atoms with van der Waals surface area (Å²) >= 11 is 0. The summed E-state index contributed by atoms with van der Waals surface area (Å²) in [7, 11) is 0. The second-order valence-electron chi connectivity index (χ2n) is 3.66. The molecular weight excluding hydrogens is 236 g/mol. The summed E-state index contributed by atoms with van der Waals surface area (Å²) in [6.07, 6.45) is 0.